The molecule has 2 rings (SSSR count). The molecule has 0 aromatic carbocycles. The van der Waals surface area contributed by atoms with Crippen LogP contribution in [0.3, 0.4) is 0 Å². The van der Waals surface area contributed by atoms with Crippen LogP contribution >= 0.6 is 0 Å². The molecule has 122 valence electrons. The van der Waals surface area contributed by atoms with Gasteiger partial charge in [0.25, 0.3) is 0 Å². The Balaban J connectivity index is 1.92. The highest BCUT2D eigenvalue weighted by molar-refractivity contribution is 5.87. The van der Waals surface area contributed by atoms with Gasteiger partial charge in [0.1, 0.15) is 12.1 Å². The molecule has 1 aromatic rings. The van der Waals surface area contributed by atoms with E-state index in [0.29, 0.717) is 5.92 Å². The number of aromatic nitrogens is 2. The van der Waals surface area contributed by atoms with Gasteiger partial charge in [-0.3, -0.25) is 9.48 Å². The zero-order valence-corrected chi connectivity index (χ0v) is 13.4. The van der Waals surface area contributed by atoms with E-state index in [4.69, 9.17) is 0 Å². The van der Waals surface area contributed by atoms with Gasteiger partial charge in [-0.25, -0.2) is 4.79 Å². The van der Waals surface area contributed by atoms with Gasteiger partial charge in [-0.2, -0.15) is 5.10 Å². The molecule has 0 aliphatic carbocycles. The highest BCUT2D eigenvalue weighted by Crippen LogP contribution is 2.21. The number of piperidine rings is 1. The van der Waals surface area contributed by atoms with Gasteiger partial charge in [0, 0.05) is 18.7 Å². The average molecular weight is 308 g/mol. The molecule has 7 heteroatoms. The van der Waals surface area contributed by atoms with E-state index < -0.39 is 11.5 Å². The average Bonchev–Trinajstić information content (AvgIpc) is 2.95. The fourth-order valence-corrected chi connectivity index (χ4v) is 2.63. The number of esters is 1. The van der Waals surface area contributed by atoms with Crippen LogP contribution in [0.5, 0.6) is 0 Å². The smallest absolute Gasteiger partial charge is 0.330 e. The van der Waals surface area contributed by atoms with E-state index in [9.17, 15) is 9.59 Å². The first-order valence-corrected chi connectivity index (χ1v) is 7.56. The first kappa shape index (κ1) is 16.5. The van der Waals surface area contributed by atoms with Crippen molar-refractivity contribution in [3.05, 3.63) is 18.0 Å². The number of hydrogen-bond donors (Lipinski definition) is 2. The van der Waals surface area contributed by atoms with E-state index in [0.717, 1.165) is 31.6 Å². The molecular formula is C15H24N4O3. The number of carbonyl (C=O) groups excluding carboxylic acids is 2. The zero-order valence-electron chi connectivity index (χ0n) is 13.4. The number of ether oxygens (including phenoxy) is 1. The predicted octanol–water partition coefficient (Wildman–Crippen LogP) is 0.418. The molecule has 7 nitrogen and oxygen atoms in total. The van der Waals surface area contributed by atoms with Gasteiger partial charge in [-0.05, 0) is 39.3 Å². The number of methoxy groups -OCH3 is 1. The molecular weight excluding hydrogens is 284 g/mol. The molecule has 0 unspecified atom stereocenters. The van der Waals surface area contributed by atoms with Crippen molar-refractivity contribution in [2.75, 3.05) is 20.2 Å². The van der Waals surface area contributed by atoms with Crippen LogP contribution in [0.15, 0.2) is 12.3 Å². The van der Waals surface area contributed by atoms with Crippen LogP contribution in [0.2, 0.25) is 0 Å². The van der Waals surface area contributed by atoms with E-state index >= 15 is 0 Å². The van der Waals surface area contributed by atoms with Crippen LogP contribution in [0.4, 0.5) is 0 Å². The number of hydrogen-bond acceptors (Lipinski definition) is 5. The SMILES string of the molecule is COC(=O)C(C)(C)NC(=O)Cn1ccc([C@H]2CCCNC2)n1. The number of nitrogens with zero attached hydrogens (tertiary/aromatic N) is 2. The quantitative estimate of drug-likeness (QED) is 0.770. The first-order chi connectivity index (χ1) is 10.4. The Bertz CT molecular complexity index is 533. The van der Waals surface area contributed by atoms with E-state index in [1.807, 2.05) is 6.07 Å². The summed E-state index contributed by atoms with van der Waals surface area (Å²) in [7, 11) is 1.30. The van der Waals surface area contributed by atoms with Gasteiger partial charge < -0.3 is 15.4 Å². The molecule has 2 heterocycles. The summed E-state index contributed by atoms with van der Waals surface area (Å²) < 4.78 is 6.27. The summed E-state index contributed by atoms with van der Waals surface area (Å²) >= 11 is 0. The topological polar surface area (TPSA) is 85.2 Å². The van der Waals surface area contributed by atoms with Crippen molar-refractivity contribution in [2.24, 2.45) is 0 Å². The molecule has 2 N–H and O–H groups in total. The van der Waals surface area contributed by atoms with Crippen molar-refractivity contribution >= 4 is 11.9 Å². The minimum atomic E-state index is -1.05. The lowest BCUT2D eigenvalue weighted by molar-refractivity contribution is -0.149. The van der Waals surface area contributed by atoms with Gasteiger partial charge in [-0.1, -0.05) is 0 Å². The summed E-state index contributed by atoms with van der Waals surface area (Å²) in [4.78, 5) is 23.6. The van der Waals surface area contributed by atoms with Crippen LogP contribution in [-0.4, -0.2) is 47.4 Å². The molecule has 0 radical (unpaired) electrons. The van der Waals surface area contributed by atoms with E-state index in [1.165, 1.54) is 7.11 Å². The maximum atomic E-state index is 12.0. The Hall–Kier alpha value is -1.89. The molecule has 1 saturated heterocycles. The van der Waals surface area contributed by atoms with E-state index in [2.05, 4.69) is 20.5 Å². The van der Waals surface area contributed by atoms with Crippen LogP contribution in [-0.2, 0) is 20.9 Å². The highest BCUT2D eigenvalue weighted by Gasteiger charge is 2.30. The minimum Gasteiger partial charge on any atom is -0.467 e. The minimum absolute atomic E-state index is 0.0839. The summed E-state index contributed by atoms with van der Waals surface area (Å²) in [6.45, 7) is 5.29. The van der Waals surface area contributed by atoms with Crippen LogP contribution in [0, 0.1) is 0 Å². The molecule has 1 fully saturated rings. The number of carbonyl (C=O) groups is 2. The maximum absolute atomic E-state index is 12.0. The van der Waals surface area contributed by atoms with Gasteiger partial charge in [-0.15, -0.1) is 0 Å². The summed E-state index contributed by atoms with van der Waals surface area (Å²) in [6, 6.07) is 1.95. The van der Waals surface area contributed by atoms with Crippen LogP contribution in [0.25, 0.3) is 0 Å². The Kier molecular flexibility index (Phi) is 5.18. The lowest BCUT2D eigenvalue weighted by atomic mass is 9.97. The summed E-state index contributed by atoms with van der Waals surface area (Å²) in [5, 5.41) is 10.5. The van der Waals surface area contributed by atoms with Gasteiger partial charge in [0.15, 0.2) is 0 Å². The molecule has 0 bridgehead atoms. The third-order valence-electron chi connectivity index (χ3n) is 3.83. The standard InChI is InChI=1S/C15H24N4O3/c1-15(2,14(21)22-3)17-13(20)10-19-8-6-12(18-19)11-5-4-7-16-9-11/h6,8,11,16H,4-5,7,9-10H2,1-3H3,(H,17,20)/t11-/m0/s1. The van der Waals surface area contributed by atoms with Gasteiger partial charge in [0.2, 0.25) is 5.91 Å². The van der Waals surface area contributed by atoms with Crippen molar-refractivity contribution in [2.45, 2.75) is 44.7 Å². The predicted molar refractivity (Wildman–Crippen MR) is 81.3 cm³/mol. The summed E-state index contributed by atoms with van der Waals surface area (Å²) in [6.07, 6.45) is 4.06. The first-order valence-electron chi connectivity index (χ1n) is 7.56. The monoisotopic (exact) mass is 308 g/mol. The molecule has 0 spiro atoms. The Labute approximate surface area is 130 Å². The fraction of sp³-hybridized carbons (Fsp3) is 0.667. The second-order valence-electron chi connectivity index (χ2n) is 6.15. The van der Waals surface area contributed by atoms with Crippen LogP contribution in [0.1, 0.15) is 38.3 Å². The molecule has 22 heavy (non-hydrogen) atoms. The van der Waals surface area contributed by atoms with Gasteiger partial charge >= 0.3 is 5.97 Å². The van der Waals surface area contributed by atoms with Crippen LogP contribution < -0.4 is 10.6 Å². The molecule has 1 aliphatic heterocycles. The number of rotatable bonds is 5. The summed E-state index contributed by atoms with van der Waals surface area (Å²) in [5.41, 5.74) is -0.0398. The Morgan fingerprint density at radius 3 is 2.95 bits per heavy atom. The highest BCUT2D eigenvalue weighted by atomic mass is 16.5. The van der Waals surface area contributed by atoms with E-state index in [-0.39, 0.29) is 12.5 Å². The third-order valence-corrected chi connectivity index (χ3v) is 3.83. The normalized spacial score (nSPS) is 18.8. The van der Waals surface area contributed by atoms with Crippen molar-refractivity contribution in [1.82, 2.24) is 20.4 Å². The van der Waals surface area contributed by atoms with Crippen molar-refractivity contribution < 1.29 is 14.3 Å². The summed E-state index contributed by atoms with van der Waals surface area (Å²) in [5.74, 6) is -0.341. The molecule has 1 atom stereocenters. The lowest BCUT2D eigenvalue weighted by Crippen LogP contribution is -2.51. The van der Waals surface area contributed by atoms with Crippen molar-refractivity contribution in [1.29, 1.82) is 0 Å². The van der Waals surface area contributed by atoms with Crippen molar-refractivity contribution in [3.8, 4) is 0 Å². The molecule has 1 aromatic heterocycles. The second kappa shape index (κ2) is 6.91. The largest absolute Gasteiger partial charge is 0.467 e. The van der Waals surface area contributed by atoms with Gasteiger partial charge in [0.05, 0.1) is 12.8 Å². The fourth-order valence-electron chi connectivity index (χ4n) is 2.63. The molecule has 1 aliphatic rings. The lowest BCUT2D eigenvalue weighted by Gasteiger charge is -2.23. The Morgan fingerprint density at radius 2 is 2.32 bits per heavy atom. The van der Waals surface area contributed by atoms with E-state index in [1.54, 1.807) is 24.7 Å². The molecule has 0 saturated carbocycles. The zero-order chi connectivity index (χ0) is 16.2. The maximum Gasteiger partial charge on any atom is 0.330 e. The number of amides is 1. The number of nitrogens with one attached hydrogen (secondary N) is 2. The Morgan fingerprint density at radius 1 is 1.55 bits per heavy atom. The third kappa shape index (κ3) is 4.07. The second-order valence-corrected chi connectivity index (χ2v) is 6.15. The molecule has 1 amide bonds. The van der Waals surface area contributed by atoms with Crippen molar-refractivity contribution in [3.63, 3.8) is 0 Å².